The maximum atomic E-state index is 5.51. The highest BCUT2D eigenvalue weighted by atomic mass is 79.9. The van der Waals surface area contributed by atoms with E-state index < -0.39 is 0 Å². The summed E-state index contributed by atoms with van der Waals surface area (Å²) in [5.41, 5.74) is 8.07. The normalized spacial score (nSPS) is 14.2. The van der Waals surface area contributed by atoms with Gasteiger partial charge in [0.2, 0.25) is 5.88 Å². The Hall–Kier alpha value is -1.53. The number of nitrogen functional groups attached to an aromatic ring is 1. The predicted octanol–water partition coefficient (Wildman–Crippen LogP) is 2.55. The van der Waals surface area contributed by atoms with Gasteiger partial charge in [-0.2, -0.15) is 0 Å². The smallest absolute Gasteiger partial charge is 0.222 e. The van der Waals surface area contributed by atoms with E-state index in [-0.39, 0.29) is 12.7 Å². The lowest BCUT2D eigenvalue weighted by Crippen LogP contribution is -2.11. The van der Waals surface area contributed by atoms with E-state index in [0.29, 0.717) is 12.3 Å². The predicted molar refractivity (Wildman–Crippen MR) is 64.3 cm³/mol. The number of fused-ring (bicyclic) bond motifs is 1. The molecule has 3 rings (SSSR count). The number of nitrogens with two attached hydrogens (primary N) is 1. The minimum atomic E-state index is 0.273. The van der Waals surface area contributed by atoms with Crippen molar-refractivity contribution in [1.82, 2.24) is 5.16 Å². The minimum absolute atomic E-state index is 0.273. The summed E-state index contributed by atoms with van der Waals surface area (Å²) in [5, 5.41) is 3.88. The van der Waals surface area contributed by atoms with Crippen molar-refractivity contribution in [3.05, 3.63) is 28.2 Å². The van der Waals surface area contributed by atoms with Crippen molar-refractivity contribution in [2.45, 2.75) is 6.61 Å². The zero-order valence-electron chi connectivity index (χ0n) is 8.77. The molecule has 1 aromatic heterocycles. The zero-order chi connectivity index (χ0) is 11.8. The molecule has 17 heavy (non-hydrogen) atoms. The van der Waals surface area contributed by atoms with Crippen LogP contribution >= 0.6 is 15.9 Å². The molecule has 6 heteroatoms. The second-order valence-electron chi connectivity index (χ2n) is 3.66. The van der Waals surface area contributed by atoms with E-state index in [1.807, 2.05) is 12.1 Å². The molecule has 1 aliphatic heterocycles. The Morgan fingerprint density at radius 1 is 1.29 bits per heavy atom. The highest BCUT2D eigenvalue weighted by molar-refractivity contribution is 9.10. The number of rotatable bonds is 1. The quantitative estimate of drug-likeness (QED) is 0.876. The van der Waals surface area contributed by atoms with Gasteiger partial charge in [0.25, 0.3) is 0 Å². The highest BCUT2D eigenvalue weighted by Crippen LogP contribution is 2.36. The molecule has 0 aliphatic carbocycles. The Bertz CT molecular complexity index is 568. The van der Waals surface area contributed by atoms with Crippen molar-refractivity contribution in [1.29, 1.82) is 0 Å². The molecule has 0 unspecified atom stereocenters. The van der Waals surface area contributed by atoms with E-state index in [1.54, 1.807) is 6.07 Å². The van der Waals surface area contributed by atoms with Gasteiger partial charge in [0.05, 0.1) is 6.61 Å². The molecule has 1 aliphatic rings. The van der Waals surface area contributed by atoms with Gasteiger partial charge in [0, 0.05) is 21.7 Å². The molecule has 2 heterocycles. The van der Waals surface area contributed by atoms with Crippen LogP contribution in [0, 0.1) is 0 Å². The molecule has 0 spiro atoms. The maximum Gasteiger partial charge on any atom is 0.222 e. The number of anilines is 1. The molecule has 2 N–H and O–H groups in total. The summed E-state index contributed by atoms with van der Waals surface area (Å²) in [7, 11) is 0. The monoisotopic (exact) mass is 296 g/mol. The third kappa shape index (κ3) is 1.89. The summed E-state index contributed by atoms with van der Waals surface area (Å²) >= 11 is 3.49. The molecule has 0 saturated heterocycles. The standard InChI is InChI=1S/C11H9BrN2O3/c12-8-1-6-4-15-5-16-10(6)2-7(8)9-3-11(13)17-14-9/h1-3H,4-5,13H2. The van der Waals surface area contributed by atoms with Crippen LogP contribution in [0.25, 0.3) is 11.3 Å². The zero-order valence-corrected chi connectivity index (χ0v) is 10.4. The average molecular weight is 297 g/mol. The van der Waals surface area contributed by atoms with Crippen molar-refractivity contribution >= 4 is 21.8 Å². The number of aromatic nitrogens is 1. The van der Waals surface area contributed by atoms with Crippen LogP contribution in [0.15, 0.2) is 27.2 Å². The first kappa shape index (κ1) is 10.6. The molecule has 0 radical (unpaired) electrons. The first-order valence-electron chi connectivity index (χ1n) is 4.99. The average Bonchev–Trinajstić information content (AvgIpc) is 2.75. The first-order chi connectivity index (χ1) is 8.24. The number of ether oxygens (including phenoxy) is 2. The molecule has 0 bridgehead atoms. The van der Waals surface area contributed by atoms with Gasteiger partial charge in [-0.25, -0.2) is 0 Å². The molecule has 88 valence electrons. The van der Waals surface area contributed by atoms with Gasteiger partial charge in [-0.1, -0.05) is 21.1 Å². The van der Waals surface area contributed by atoms with E-state index in [9.17, 15) is 0 Å². The third-order valence-corrected chi connectivity index (χ3v) is 3.17. The van der Waals surface area contributed by atoms with Crippen LogP contribution in [0.3, 0.4) is 0 Å². The molecule has 1 aromatic carbocycles. The minimum Gasteiger partial charge on any atom is -0.467 e. The summed E-state index contributed by atoms with van der Waals surface area (Å²) in [6.07, 6.45) is 0. The summed E-state index contributed by atoms with van der Waals surface area (Å²) in [5.74, 6) is 1.09. The van der Waals surface area contributed by atoms with Crippen molar-refractivity contribution in [3.8, 4) is 17.0 Å². The van der Waals surface area contributed by atoms with Gasteiger partial charge in [-0.05, 0) is 12.1 Å². The fourth-order valence-electron chi connectivity index (χ4n) is 1.71. The fraction of sp³-hybridized carbons (Fsp3) is 0.182. The van der Waals surface area contributed by atoms with Crippen molar-refractivity contribution in [3.63, 3.8) is 0 Å². The molecular formula is C11H9BrN2O3. The summed E-state index contributed by atoms with van der Waals surface area (Å²) in [6.45, 7) is 0.824. The lowest BCUT2D eigenvalue weighted by molar-refractivity contribution is -0.0163. The molecule has 2 aromatic rings. The summed E-state index contributed by atoms with van der Waals surface area (Å²) < 4.78 is 16.4. The largest absolute Gasteiger partial charge is 0.467 e. The van der Waals surface area contributed by atoms with E-state index in [1.165, 1.54) is 0 Å². The number of hydrogen-bond acceptors (Lipinski definition) is 5. The third-order valence-electron chi connectivity index (χ3n) is 2.51. The Labute approximate surface area is 106 Å². The Kier molecular flexibility index (Phi) is 2.53. The van der Waals surface area contributed by atoms with Crippen molar-refractivity contribution < 1.29 is 14.0 Å². The van der Waals surface area contributed by atoms with Gasteiger partial charge >= 0.3 is 0 Å². The van der Waals surface area contributed by atoms with E-state index in [0.717, 1.165) is 21.3 Å². The van der Waals surface area contributed by atoms with Gasteiger partial charge in [-0.3, -0.25) is 0 Å². The molecule has 0 saturated carbocycles. The van der Waals surface area contributed by atoms with E-state index in [2.05, 4.69) is 21.1 Å². The summed E-state index contributed by atoms with van der Waals surface area (Å²) in [4.78, 5) is 0. The molecule has 5 nitrogen and oxygen atoms in total. The van der Waals surface area contributed by atoms with E-state index >= 15 is 0 Å². The molecule has 0 fully saturated rings. The highest BCUT2D eigenvalue weighted by Gasteiger charge is 2.16. The van der Waals surface area contributed by atoms with Gasteiger partial charge < -0.3 is 19.7 Å². The van der Waals surface area contributed by atoms with Crippen LogP contribution in [0.2, 0.25) is 0 Å². The fourth-order valence-corrected chi connectivity index (χ4v) is 2.30. The topological polar surface area (TPSA) is 70.5 Å². The molecule has 0 atom stereocenters. The molecule has 0 amide bonds. The van der Waals surface area contributed by atoms with Gasteiger partial charge in [-0.15, -0.1) is 0 Å². The van der Waals surface area contributed by atoms with E-state index in [4.69, 9.17) is 19.7 Å². The van der Waals surface area contributed by atoms with Crippen molar-refractivity contribution in [2.75, 3.05) is 12.5 Å². The van der Waals surface area contributed by atoms with Crippen LogP contribution in [0.4, 0.5) is 5.88 Å². The SMILES string of the molecule is Nc1cc(-c2cc3c(cc2Br)COCO3)no1. The van der Waals surface area contributed by atoms with Crippen molar-refractivity contribution in [2.24, 2.45) is 0 Å². The summed E-state index contributed by atoms with van der Waals surface area (Å²) in [6, 6.07) is 5.53. The molecular weight excluding hydrogens is 288 g/mol. The number of halogens is 1. The maximum absolute atomic E-state index is 5.51. The lowest BCUT2D eigenvalue weighted by atomic mass is 10.1. The number of nitrogens with zero attached hydrogens (tertiary/aromatic N) is 1. The van der Waals surface area contributed by atoms with Gasteiger partial charge in [0.15, 0.2) is 6.79 Å². The Morgan fingerprint density at radius 2 is 2.18 bits per heavy atom. The number of hydrogen-bond donors (Lipinski definition) is 1. The number of benzene rings is 1. The van der Waals surface area contributed by atoms with Crippen LogP contribution in [-0.4, -0.2) is 11.9 Å². The first-order valence-corrected chi connectivity index (χ1v) is 5.79. The Morgan fingerprint density at radius 3 is 2.94 bits per heavy atom. The van der Waals surface area contributed by atoms with Crippen LogP contribution in [-0.2, 0) is 11.3 Å². The van der Waals surface area contributed by atoms with Crippen LogP contribution in [0.1, 0.15) is 5.56 Å². The second-order valence-corrected chi connectivity index (χ2v) is 4.52. The van der Waals surface area contributed by atoms with Crippen LogP contribution in [0.5, 0.6) is 5.75 Å². The van der Waals surface area contributed by atoms with Gasteiger partial charge in [0.1, 0.15) is 11.4 Å². The lowest BCUT2D eigenvalue weighted by Gasteiger charge is -2.18. The Balaban J connectivity index is 2.11. The van der Waals surface area contributed by atoms with Crippen LogP contribution < -0.4 is 10.5 Å². The second kappa shape index (κ2) is 4.05.